The minimum Gasteiger partial charge on any atom is -0.471 e. The Labute approximate surface area is 600 Å². The highest BCUT2D eigenvalue weighted by atomic mass is 31.2. The summed E-state index contributed by atoms with van der Waals surface area (Å²) in [5.41, 5.74) is -1.21. The number of carbonyl (C=O) groups excluding carboxylic acids is 4. The third-order valence-corrected chi connectivity index (χ3v) is 20.7. The van der Waals surface area contributed by atoms with Gasteiger partial charge in [0.2, 0.25) is 18.1 Å². The molecule has 2 aliphatic rings. The van der Waals surface area contributed by atoms with E-state index in [1.54, 1.807) is 20.1 Å². The predicted octanol–water partition coefficient (Wildman–Crippen LogP) is 18.9. The first kappa shape index (κ1) is 91.3. The normalized spacial score (nSPS) is 21.4. The first-order valence-corrected chi connectivity index (χ1v) is 40.7. The maximum atomic E-state index is 15.7. The van der Waals surface area contributed by atoms with Crippen LogP contribution in [0.25, 0.3) is 0 Å². The van der Waals surface area contributed by atoms with Crippen molar-refractivity contribution in [3.63, 3.8) is 0 Å². The molecule has 2 aliphatic heterocycles. The highest BCUT2D eigenvalue weighted by molar-refractivity contribution is 7.54. The first-order chi connectivity index (χ1) is 48.3. The lowest BCUT2D eigenvalue weighted by Crippen LogP contribution is -2.68. The molecule has 0 aromatic carbocycles. The lowest BCUT2D eigenvalue weighted by molar-refractivity contribution is -0.292. The highest BCUT2D eigenvalue weighted by Crippen LogP contribution is 2.58. The number of unbranched alkanes of at least 4 members (excludes halogenated alkanes) is 30. The number of nitrogens with one attached hydrogen (secondary N) is 2. The van der Waals surface area contributed by atoms with Crippen LogP contribution in [0, 0.1) is 0 Å². The monoisotopic (exact) mass is 1420 g/mol. The summed E-state index contributed by atoms with van der Waals surface area (Å²) in [6.07, 6.45) is 41.3. The zero-order valence-corrected chi connectivity index (χ0v) is 64.0. The molecule has 0 saturated carbocycles. The first-order valence-electron chi connectivity index (χ1n) is 39.1. The van der Waals surface area contributed by atoms with Gasteiger partial charge in [-0.25, -0.2) is 4.79 Å². The molecule has 0 aliphatic carbocycles. The molecule has 0 radical (unpaired) electrons. The minimum atomic E-state index is -4.32. The molecule has 0 aromatic rings. The molecule has 2 saturated heterocycles. The van der Waals surface area contributed by atoms with Gasteiger partial charge in [0.15, 0.2) is 12.4 Å². The number of allylic oxidation sites excluding steroid dienone is 3. The van der Waals surface area contributed by atoms with Crippen LogP contribution in [0.5, 0.6) is 0 Å². The predicted molar refractivity (Wildman–Crippen MR) is 397 cm³/mol. The fourth-order valence-electron chi connectivity index (χ4n) is 12.8. The third-order valence-electron chi connectivity index (χ3n) is 18.3. The molecule has 99 heavy (non-hydrogen) atoms. The summed E-state index contributed by atoms with van der Waals surface area (Å²) in [4.78, 5) is 56.3. The van der Waals surface area contributed by atoms with Crippen molar-refractivity contribution in [1.82, 2.24) is 10.6 Å². The van der Waals surface area contributed by atoms with Crippen LogP contribution in [0.3, 0.4) is 0 Å². The van der Waals surface area contributed by atoms with Crippen molar-refractivity contribution < 1.29 is 80.2 Å². The van der Waals surface area contributed by atoms with E-state index in [1.165, 1.54) is 102 Å². The minimum absolute atomic E-state index is 0.111. The topological polar surface area (TPSA) is 220 Å². The quantitative estimate of drug-likeness (QED) is 0.0144. The zero-order valence-electron chi connectivity index (χ0n) is 63.1. The molecule has 2 fully saturated rings. The number of carbonyl (C=O) groups is 4. The molecule has 0 bridgehead atoms. The fraction of sp³-hybridized carbons (Fsp3) is 0.823. The van der Waals surface area contributed by atoms with Gasteiger partial charge in [-0.05, 0) is 64.7 Å². The average Bonchev–Trinajstić information content (AvgIpc) is 0.762. The van der Waals surface area contributed by atoms with Gasteiger partial charge in [0.1, 0.15) is 48.4 Å². The van der Waals surface area contributed by atoms with Crippen LogP contribution < -0.4 is 10.6 Å². The second-order valence-electron chi connectivity index (χ2n) is 26.9. The Balaban J connectivity index is 2.74. The summed E-state index contributed by atoms with van der Waals surface area (Å²) in [6, 6.07) is -2.32. The van der Waals surface area contributed by atoms with Crippen molar-refractivity contribution in [2.24, 2.45) is 0 Å². The number of methoxy groups -OCH3 is 2. The molecule has 0 aromatic heterocycles. The summed E-state index contributed by atoms with van der Waals surface area (Å²) >= 11 is 0. The Morgan fingerprint density at radius 2 is 0.990 bits per heavy atom. The van der Waals surface area contributed by atoms with E-state index < -0.39 is 87.1 Å². The maximum Gasteiger partial charge on any atom is 0.509 e. The summed E-state index contributed by atoms with van der Waals surface area (Å²) in [7, 11) is -1.14. The maximum absolute atomic E-state index is 15.7. The summed E-state index contributed by atoms with van der Waals surface area (Å²) in [5.74, 6) is -1.09. The Morgan fingerprint density at radius 3 is 1.54 bits per heavy atom. The number of amides is 2. The van der Waals surface area contributed by atoms with Crippen LogP contribution in [-0.2, 0) is 75.4 Å². The molecular weight excluding hydrogens is 1280 g/mol. The SMILES string of the molecule is C=CCOC(=O)O[C@@H]1C(COC2OC(COC)[C@@H](P(=O)(OCC=C)OCC=C)C(OCCC(CCCCCCC)OC)[C@H]2NC(=O)CCCCCCCCC/C=C\CCCCCC)O[C@H](O/C=C\C)[C@H](NC(=O)CC(=O)CCCCCCCCCCC)C1OCCCCCCCCCC. The van der Waals surface area contributed by atoms with E-state index in [9.17, 15) is 19.2 Å². The number of rotatable bonds is 67. The molecule has 2 heterocycles. The number of ketones is 1. The molecule has 0 spiro atoms. The van der Waals surface area contributed by atoms with E-state index in [0.717, 1.165) is 141 Å². The zero-order chi connectivity index (χ0) is 72.2. The van der Waals surface area contributed by atoms with Gasteiger partial charge < -0.3 is 67.0 Å². The Bertz CT molecular complexity index is 2150. The highest BCUT2D eigenvalue weighted by Gasteiger charge is 2.58. The number of hydrogen-bond donors (Lipinski definition) is 2. The fourth-order valence-corrected chi connectivity index (χ4v) is 15.0. The van der Waals surface area contributed by atoms with Crippen molar-refractivity contribution in [3.05, 3.63) is 62.5 Å². The van der Waals surface area contributed by atoms with Crippen LogP contribution in [0.4, 0.5) is 4.79 Å². The van der Waals surface area contributed by atoms with Crippen molar-refractivity contribution in [2.45, 2.75) is 358 Å². The van der Waals surface area contributed by atoms with Gasteiger partial charge in [-0.15, -0.1) is 13.2 Å². The third kappa shape index (κ3) is 42.0. The average molecular weight is 1420 g/mol. The van der Waals surface area contributed by atoms with Crippen molar-refractivity contribution in [1.29, 1.82) is 0 Å². The smallest absolute Gasteiger partial charge is 0.471 e. The molecule has 2 N–H and O–H groups in total. The van der Waals surface area contributed by atoms with Gasteiger partial charge in [-0.2, -0.15) is 0 Å². The summed E-state index contributed by atoms with van der Waals surface area (Å²) in [5, 5.41) is 6.24. The Morgan fingerprint density at radius 1 is 0.505 bits per heavy atom. The molecule has 19 nitrogen and oxygen atoms in total. The van der Waals surface area contributed by atoms with Crippen LogP contribution in [0.2, 0.25) is 0 Å². The van der Waals surface area contributed by atoms with E-state index in [1.807, 2.05) is 0 Å². The molecule has 2 rings (SSSR count). The van der Waals surface area contributed by atoms with Gasteiger partial charge in [-0.1, -0.05) is 251 Å². The molecule has 6 unspecified atom stereocenters. The summed E-state index contributed by atoms with van der Waals surface area (Å²) < 4.78 is 92.3. The van der Waals surface area contributed by atoms with Gasteiger partial charge in [0.25, 0.3) is 0 Å². The van der Waals surface area contributed by atoms with E-state index in [0.29, 0.717) is 25.7 Å². The van der Waals surface area contributed by atoms with Gasteiger partial charge >= 0.3 is 13.8 Å². The van der Waals surface area contributed by atoms with Gasteiger partial charge in [0, 0.05) is 40.3 Å². The van der Waals surface area contributed by atoms with Crippen molar-refractivity contribution in [3.8, 4) is 0 Å². The standard InChI is InChI=1S/C79H141N2O17P/c1-11-19-23-27-30-33-34-35-36-37-38-40-42-46-50-54-69(83)80-72-75(90-61-55-66(88-10)53-49-44-26-22-14-4)76(99(86,94-58-17-7)95-59-18-8)68(63-87-9)97-78(72)93-64-67-73(98-79(85)92-57-16-6)74(89-60-51-47-43-32-29-25-21-13-3)71(77(96-67)91-56-15-5)81-70(84)62-65(82)52-48-45-41-39-31-28-24-20-12-2/h15-18,33-34,56,66-68,71-78H,6-8,11-14,19-32,35-55,57-64H2,1-5,9-10H3,(H,80,83)(H,81,84)/b34-33-,56-15-/t66?,67?,68?,71-,72-,73-,74?,75?,76-,77+,78?/m1/s1. The Hall–Kier alpha value is -3.75. The van der Waals surface area contributed by atoms with E-state index >= 15 is 4.57 Å². The molecular formula is C79H141N2O17P. The number of hydrogen-bond acceptors (Lipinski definition) is 17. The van der Waals surface area contributed by atoms with Gasteiger partial charge in [0.05, 0.1) is 51.3 Å². The van der Waals surface area contributed by atoms with Gasteiger partial charge in [-0.3, -0.25) is 18.9 Å². The van der Waals surface area contributed by atoms with E-state index in [2.05, 4.69) is 70.2 Å². The van der Waals surface area contributed by atoms with Crippen LogP contribution in [0.15, 0.2) is 62.5 Å². The lowest BCUT2D eigenvalue weighted by Gasteiger charge is -2.49. The molecule has 2 amide bonds. The van der Waals surface area contributed by atoms with Crippen LogP contribution >= 0.6 is 7.60 Å². The van der Waals surface area contributed by atoms with Crippen LogP contribution in [0.1, 0.15) is 291 Å². The Kier molecular flexibility index (Phi) is 56.9. The van der Waals surface area contributed by atoms with Crippen LogP contribution in [-0.4, -0.2) is 151 Å². The van der Waals surface area contributed by atoms with Crippen molar-refractivity contribution in [2.75, 3.05) is 60.5 Å². The second kappa shape index (κ2) is 61.7. The van der Waals surface area contributed by atoms with E-state index in [4.69, 9.17) is 56.4 Å². The largest absolute Gasteiger partial charge is 0.509 e. The molecule has 574 valence electrons. The summed E-state index contributed by atoms with van der Waals surface area (Å²) in [6.45, 7) is 21.3. The number of ether oxygens (including phenoxy) is 10. The molecule has 20 heteroatoms. The number of Topliss-reactive ketones (excluding diaryl/α,β-unsaturated/α-hetero) is 1. The van der Waals surface area contributed by atoms with Crippen molar-refractivity contribution >= 4 is 31.3 Å². The van der Waals surface area contributed by atoms with E-state index in [-0.39, 0.29) is 76.7 Å². The molecule has 11 atom stereocenters. The lowest BCUT2D eigenvalue weighted by atomic mass is 9.95. The second-order valence-corrected chi connectivity index (χ2v) is 29.1.